The number of benzene rings is 2. The predicted molar refractivity (Wildman–Crippen MR) is 77.7 cm³/mol. The first-order valence-corrected chi connectivity index (χ1v) is 6.37. The summed E-state index contributed by atoms with van der Waals surface area (Å²) in [6.45, 7) is 1.59. The molecule has 2 aromatic carbocycles. The van der Waals surface area contributed by atoms with E-state index in [4.69, 9.17) is 15.2 Å². The van der Waals surface area contributed by atoms with Gasteiger partial charge >= 0.3 is 5.97 Å². The first kappa shape index (κ1) is 14.8. The van der Waals surface area contributed by atoms with Gasteiger partial charge in [-0.3, -0.25) is 0 Å². The zero-order chi connectivity index (χ0) is 15.4. The maximum absolute atomic E-state index is 13.7. The van der Waals surface area contributed by atoms with Gasteiger partial charge in [0.1, 0.15) is 18.2 Å². The molecule has 0 aromatic heterocycles. The first-order chi connectivity index (χ1) is 10.0. The van der Waals surface area contributed by atoms with Gasteiger partial charge in [-0.05, 0) is 36.8 Å². The summed E-state index contributed by atoms with van der Waals surface area (Å²) in [6, 6.07) is 9.38. The van der Waals surface area contributed by atoms with Gasteiger partial charge in [0.2, 0.25) is 0 Å². The van der Waals surface area contributed by atoms with E-state index in [0.717, 1.165) is 0 Å². The molecule has 21 heavy (non-hydrogen) atoms. The molecule has 0 unspecified atom stereocenters. The fourth-order valence-electron chi connectivity index (χ4n) is 1.87. The number of anilines is 1. The Labute approximate surface area is 122 Å². The van der Waals surface area contributed by atoms with Gasteiger partial charge < -0.3 is 15.2 Å². The lowest BCUT2D eigenvalue weighted by atomic mass is 10.1. The third-order valence-electron chi connectivity index (χ3n) is 3.21. The summed E-state index contributed by atoms with van der Waals surface area (Å²) < 4.78 is 23.8. The Bertz CT molecular complexity index is 671. The monoisotopic (exact) mass is 289 g/mol. The van der Waals surface area contributed by atoms with Crippen LogP contribution >= 0.6 is 0 Å². The fourth-order valence-corrected chi connectivity index (χ4v) is 1.87. The van der Waals surface area contributed by atoms with Crippen LogP contribution in [0.3, 0.4) is 0 Å². The zero-order valence-corrected chi connectivity index (χ0v) is 11.9. The molecule has 2 N–H and O–H groups in total. The number of hydrogen-bond donors (Lipinski definition) is 1. The number of rotatable bonds is 4. The third kappa shape index (κ3) is 3.31. The van der Waals surface area contributed by atoms with Crippen LogP contribution in [0.25, 0.3) is 0 Å². The molecule has 0 saturated carbocycles. The second-order valence-corrected chi connectivity index (χ2v) is 4.55. The van der Waals surface area contributed by atoms with E-state index in [1.165, 1.54) is 19.2 Å². The highest BCUT2D eigenvalue weighted by Crippen LogP contribution is 2.19. The minimum Gasteiger partial charge on any atom is -0.497 e. The number of esters is 1. The molecule has 0 amide bonds. The molecule has 110 valence electrons. The molecule has 0 radical (unpaired) electrons. The largest absolute Gasteiger partial charge is 0.497 e. The van der Waals surface area contributed by atoms with Crippen LogP contribution in [0.2, 0.25) is 0 Å². The van der Waals surface area contributed by atoms with Crippen molar-refractivity contribution in [2.75, 3.05) is 12.8 Å². The normalized spacial score (nSPS) is 10.2. The minimum absolute atomic E-state index is 0.150. The Hall–Kier alpha value is -2.56. The molecule has 0 aliphatic heterocycles. The van der Waals surface area contributed by atoms with Crippen molar-refractivity contribution < 1.29 is 18.7 Å². The van der Waals surface area contributed by atoms with E-state index in [-0.39, 0.29) is 12.2 Å². The summed E-state index contributed by atoms with van der Waals surface area (Å²) in [5.74, 6) is -0.601. The molecule has 2 rings (SSSR count). The molecule has 2 aromatic rings. The van der Waals surface area contributed by atoms with Crippen LogP contribution in [0.4, 0.5) is 10.1 Å². The molecule has 4 nitrogen and oxygen atoms in total. The van der Waals surface area contributed by atoms with E-state index < -0.39 is 11.8 Å². The number of nitrogen functional groups attached to an aromatic ring is 1. The van der Waals surface area contributed by atoms with Crippen molar-refractivity contribution in [3.63, 3.8) is 0 Å². The molecular weight excluding hydrogens is 273 g/mol. The maximum Gasteiger partial charge on any atom is 0.338 e. The summed E-state index contributed by atoms with van der Waals surface area (Å²) in [7, 11) is 1.46. The van der Waals surface area contributed by atoms with Crippen molar-refractivity contribution in [3.05, 3.63) is 58.9 Å². The van der Waals surface area contributed by atoms with Crippen molar-refractivity contribution in [1.29, 1.82) is 0 Å². The average Bonchev–Trinajstić information content (AvgIpc) is 2.48. The summed E-state index contributed by atoms with van der Waals surface area (Å²) in [5.41, 5.74) is 7.57. The van der Waals surface area contributed by atoms with Gasteiger partial charge in [0, 0.05) is 17.3 Å². The lowest BCUT2D eigenvalue weighted by Crippen LogP contribution is -2.09. The van der Waals surface area contributed by atoms with Crippen LogP contribution in [0.5, 0.6) is 5.75 Å². The Kier molecular flexibility index (Phi) is 4.42. The van der Waals surface area contributed by atoms with Crippen molar-refractivity contribution in [2.24, 2.45) is 0 Å². The molecule has 0 aliphatic carbocycles. The Morgan fingerprint density at radius 2 is 2.05 bits per heavy atom. The summed E-state index contributed by atoms with van der Waals surface area (Å²) >= 11 is 0. The number of halogens is 1. The lowest BCUT2D eigenvalue weighted by Gasteiger charge is -2.10. The van der Waals surface area contributed by atoms with Gasteiger partial charge in [-0.1, -0.05) is 6.07 Å². The van der Waals surface area contributed by atoms with Crippen LogP contribution in [0.1, 0.15) is 21.5 Å². The topological polar surface area (TPSA) is 61.5 Å². The highest BCUT2D eigenvalue weighted by atomic mass is 19.1. The van der Waals surface area contributed by atoms with E-state index in [1.54, 1.807) is 31.2 Å². The highest BCUT2D eigenvalue weighted by Gasteiger charge is 2.13. The van der Waals surface area contributed by atoms with Crippen molar-refractivity contribution >= 4 is 11.7 Å². The molecule has 0 fully saturated rings. The van der Waals surface area contributed by atoms with Gasteiger partial charge in [-0.25, -0.2) is 9.18 Å². The number of hydrogen-bond acceptors (Lipinski definition) is 4. The van der Waals surface area contributed by atoms with E-state index >= 15 is 0 Å². The van der Waals surface area contributed by atoms with Crippen LogP contribution in [0.15, 0.2) is 36.4 Å². The van der Waals surface area contributed by atoms with E-state index in [9.17, 15) is 9.18 Å². The van der Waals surface area contributed by atoms with Crippen LogP contribution in [-0.4, -0.2) is 13.1 Å². The number of nitrogens with two attached hydrogens (primary N) is 1. The predicted octanol–water partition coefficient (Wildman–Crippen LogP) is 3.08. The van der Waals surface area contributed by atoms with Gasteiger partial charge in [-0.15, -0.1) is 0 Å². The number of carbonyl (C=O) groups excluding carboxylic acids is 1. The molecule has 0 saturated heterocycles. The van der Waals surface area contributed by atoms with E-state index in [0.29, 0.717) is 22.6 Å². The molecule has 0 aliphatic rings. The molecule has 5 heteroatoms. The van der Waals surface area contributed by atoms with Gasteiger partial charge in [0.15, 0.2) is 0 Å². The molecular formula is C16H16FNO3. The van der Waals surface area contributed by atoms with Crippen molar-refractivity contribution in [1.82, 2.24) is 0 Å². The average molecular weight is 289 g/mol. The molecule has 0 bridgehead atoms. The van der Waals surface area contributed by atoms with Crippen LogP contribution < -0.4 is 10.5 Å². The van der Waals surface area contributed by atoms with Crippen molar-refractivity contribution in [2.45, 2.75) is 13.5 Å². The van der Waals surface area contributed by atoms with Crippen molar-refractivity contribution in [3.8, 4) is 5.75 Å². The Morgan fingerprint density at radius 1 is 1.29 bits per heavy atom. The standard InChI is InChI=1S/C16H16FNO3/c1-10-13(4-3-5-15(10)18)16(19)21-9-11-6-7-12(20-2)8-14(11)17/h3-8H,9,18H2,1-2H3. The summed E-state index contributed by atoms with van der Waals surface area (Å²) in [4.78, 5) is 12.0. The van der Waals surface area contributed by atoms with Crippen LogP contribution in [-0.2, 0) is 11.3 Å². The van der Waals surface area contributed by atoms with E-state index in [2.05, 4.69) is 0 Å². The zero-order valence-electron chi connectivity index (χ0n) is 11.9. The minimum atomic E-state index is -0.532. The quantitative estimate of drug-likeness (QED) is 0.694. The molecule has 0 atom stereocenters. The Balaban J connectivity index is 2.09. The molecule has 0 spiro atoms. The molecule has 0 heterocycles. The third-order valence-corrected chi connectivity index (χ3v) is 3.21. The van der Waals surface area contributed by atoms with Gasteiger partial charge in [0.25, 0.3) is 0 Å². The maximum atomic E-state index is 13.7. The second-order valence-electron chi connectivity index (χ2n) is 4.55. The smallest absolute Gasteiger partial charge is 0.338 e. The van der Waals surface area contributed by atoms with Crippen LogP contribution in [0, 0.1) is 12.7 Å². The highest BCUT2D eigenvalue weighted by molar-refractivity contribution is 5.92. The number of methoxy groups -OCH3 is 1. The lowest BCUT2D eigenvalue weighted by molar-refractivity contribution is 0.0468. The first-order valence-electron chi connectivity index (χ1n) is 6.37. The summed E-state index contributed by atoms with van der Waals surface area (Å²) in [5, 5.41) is 0. The van der Waals surface area contributed by atoms with Gasteiger partial charge in [0.05, 0.1) is 12.7 Å². The second kappa shape index (κ2) is 6.26. The van der Waals surface area contributed by atoms with Gasteiger partial charge in [-0.2, -0.15) is 0 Å². The SMILES string of the molecule is COc1ccc(COC(=O)c2cccc(N)c2C)c(F)c1. The Morgan fingerprint density at radius 3 is 2.71 bits per heavy atom. The fraction of sp³-hybridized carbons (Fsp3) is 0.188. The number of ether oxygens (including phenoxy) is 2. The number of carbonyl (C=O) groups is 1. The summed E-state index contributed by atoms with van der Waals surface area (Å²) in [6.07, 6.45) is 0. The van der Waals surface area contributed by atoms with E-state index in [1.807, 2.05) is 0 Å².